The molecule has 3 heterocycles. The smallest absolute Gasteiger partial charge is 0.286 e. The molecule has 6 nitrogen and oxygen atoms in total. The fourth-order valence-corrected chi connectivity index (χ4v) is 5.08. The highest BCUT2D eigenvalue weighted by Crippen LogP contribution is 2.36. The molecule has 0 N–H and O–H groups in total. The number of ether oxygens (including phenoxy) is 2. The van der Waals surface area contributed by atoms with Gasteiger partial charge in [-0.3, -0.25) is 4.79 Å². The number of aliphatic imine (C=N–C) groups is 1. The van der Waals surface area contributed by atoms with E-state index in [0.29, 0.717) is 10.7 Å². The SMILES string of the molecule is Cc1cccc(C)c1N1CCN(C2=NC(=O)/C(=C\c3ccc4c(c3)OCO4)S2)CC1. The molecule has 7 heteroatoms. The summed E-state index contributed by atoms with van der Waals surface area (Å²) in [6.07, 6.45) is 1.87. The highest BCUT2D eigenvalue weighted by atomic mass is 32.2. The van der Waals surface area contributed by atoms with E-state index in [1.807, 2.05) is 24.3 Å². The van der Waals surface area contributed by atoms with Crippen LogP contribution in [0.25, 0.3) is 6.08 Å². The number of carbonyl (C=O) groups is 1. The number of aryl methyl sites for hydroxylation is 2. The van der Waals surface area contributed by atoms with Crippen LogP contribution in [0.5, 0.6) is 11.5 Å². The van der Waals surface area contributed by atoms with Crippen molar-refractivity contribution in [3.63, 3.8) is 0 Å². The topological polar surface area (TPSA) is 54.4 Å². The molecule has 0 atom stereocenters. The predicted octanol–water partition coefficient (Wildman–Crippen LogP) is 3.82. The zero-order chi connectivity index (χ0) is 20.7. The molecule has 154 valence electrons. The number of rotatable bonds is 2. The Labute approximate surface area is 180 Å². The highest BCUT2D eigenvalue weighted by Gasteiger charge is 2.29. The van der Waals surface area contributed by atoms with Gasteiger partial charge < -0.3 is 19.3 Å². The van der Waals surface area contributed by atoms with E-state index in [4.69, 9.17) is 9.47 Å². The number of benzene rings is 2. The van der Waals surface area contributed by atoms with Crippen molar-refractivity contribution in [2.75, 3.05) is 37.9 Å². The molecule has 0 aliphatic carbocycles. The number of hydrogen-bond acceptors (Lipinski definition) is 6. The fourth-order valence-electron chi connectivity index (χ4n) is 4.11. The molecule has 1 saturated heterocycles. The third-order valence-electron chi connectivity index (χ3n) is 5.61. The molecule has 2 aromatic carbocycles. The Bertz CT molecular complexity index is 1050. The van der Waals surface area contributed by atoms with Crippen LogP contribution >= 0.6 is 11.8 Å². The maximum atomic E-state index is 12.5. The van der Waals surface area contributed by atoms with E-state index in [-0.39, 0.29) is 12.7 Å². The van der Waals surface area contributed by atoms with Gasteiger partial charge in [-0.1, -0.05) is 24.3 Å². The number of para-hydroxylation sites is 1. The molecule has 0 bridgehead atoms. The summed E-state index contributed by atoms with van der Waals surface area (Å²) in [5, 5.41) is 0.799. The Morgan fingerprint density at radius 1 is 0.967 bits per heavy atom. The van der Waals surface area contributed by atoms with Gasteiger partial charge in [0.15, 0.2) is 16.7 Å². The first-order chi connectivity index (χ1) is 14.6. The Hall–Kier alpha value is -2.93. The largest absolute Gasteiger partial charge is 0.454 e. The molecule has 3 aliphatic heterocycles. The summed E-state index contributed by atoms with van der Waals surface area (Å²) in [6.45, 7) is 8.11. The summed E-state index contributed by atoms with van der Waals surface area (Å²) in [6, 6.07) is 12.1. The molecule has 0 unspecified atom stereocenters. The molecular formula is C23H23N3O3S. The number of amidine groups is 1. The van der Waals surface area contributed by atoms with E-state index in [1.54, 1.807) is 0 Å². The van der Waals surface area contributed by atoms with E-state index in [1.165, 1.54) is 28.6 Å². The van der Waals surface area contributed by atoms with Crippen LogP contribution in [0.1, 0.15) is 16.7 Å². The molecule has 30 heavy (non-hydrogen) atoms. The lowest BCUT2D eigenvalue weighted by Gasteiger charge is -2.38. The van der Waals surface area contributed by atoms with Gasteiger partial charge in [0, 0.05) is 31.9 Å². The maximum Gasteiger partial charge on any atom is 0.286 e. The van der Waals surface area contributed by atoms with E-state index >= 15 is 0 Å². The van der Waals surface area contributed by atoms with Crippen LogP contribution in [-0.4, -0.2) is 48.9 Å². The number of piperazine rings is 1. The quantitative estimate of drug-likeness (QED) is 0.687. The number of thioether (sulfide) groups is 1. The highest BCUT2D eigenvalue weighted by molar-refractivity contribution is 8.18. The zero-order valence-corrected chi connectivity index (χ0v) is 17.9. The van der Waals surface area contributed by atoms with Crippen LogP contribution in [0, 0.1) is 13.8 Å². The molecule has 0 radical (unpaired) electrons. The summed E-state index contributed by atoms with van der Waals surface area (Å²) >= 11 is 1.45. The predicted molar refractivity (Wildman–Crippen MR) is 120 cm³/mol. The van der Waals surface area contributed by atoms with Gasteiger partial charge in [0.2, 0.25) is 6.79 Å². The minimum Gasteiger partial charge on any atom is -0.454 e. The molecule has 0 spiro atoms. The third-order valence-corrected chi connectivity index (χ3v) is 6.65. The van der Waals surface area contributed by atoms with E-state index in [2.05, 4.69) is 46.8 Å². The van der Waals surface area contributed by atoms with Gasteiger partial charge in [-0.15, -0.1) is 0 Å². The first-order valence-electron chi connectivity index (χ1n) is 10.1. The lowest BCUT2D eigenvalue weighted by atomic mass is 10.1. The average molecular weight is 422 g/mol. The lowest BCUT2D eigenvalue weighted by Crippen LogP contribution is -2.48. The Morgan fingerprint density at radius 2 is 1.67 bits per heavy atom. The van der Waals surface area contributed by atoms with Crippen LogP contribution in [0.4, 0.5) is 5.69 Å². The standard InChI is InChI=1S/C23H23N3O3S/c1-15-4-3-5-16(2)21(15)25-8-10-26(11-9-25)23-24-22(27)20(30-23)13-17-6-7-18-19(12-17)29-14-28-18/h3-7,12-13H,8-11,14H2,1-2H3/b20-13+. The Morgan fingerprint density at radius 3 is 2.43 bits per heavy atom. The van der Waals surface area contributed by atoms with E-state index in [9.17, 15) is 4.79 Å². The van der Waals surface area contributed by atoms with Crippen LogP contribution in [0.3, 0.4) is 0 Å². The van der Waals surface area contributed by atoms with Gasteiger partial charge in [-0.25, -0.2) is 0 Å². The number of hydrogen-bond donors (Lipinski definition) is 0. The summed E-state index contributed by atoms with van der Waals surface area (Å²) in [7, 11) is 0. The Balaban J connectivity index is 1.26. The minimum absolute atomic E-state index is 0.176. The lowest BCUT2D eigenvalue weighted by molar-refractivity contribution is -0.113. The number of carbonyl (C=O) groups excluding carboxylic acids is 1. The number of nitrogens with zero attached hydrogens (tertiary/aromatic N) is 3. The molecule has 1 amide bonds. The molecule has 2 aromatic rings. The summed E-state index contributed by atoms with van der Waals surface area (Å²) in [4.78, 5) is 22.1. The zero-order valence-electron chi connectivity index (χ0n) is 17.1. The second-order valence-electron chi connectivity index (χ2n) is 7.64. The molecule has 0 aromatic heterocycles. The van der Waals surface area contributed by atoms with Gasteiger partial charge >= 0.3 is 0 Å². The van der Waals surface area contributed by atoms with Gasteiger partial charge in [0.25, 0.3) is 5.91 Å². The third kappa shape index (κ3) is 3.54. The average Bonchev–Trinajstić information content (AvgIpc) is 3.35. The Kier molecular flexibility index (Phi) is 4.90. The van der Waals surface area contributed by atoms with Crippen molar-refractivity contribution >= 4 is 34.6 Å². The van der Waals surface area contributed by atoms with Crippen LogP contribution in [0.15, 0.2) is 46.3 Å². The van der Waals surface area contributed by atoms with Crippen LogP contribution < -0.4 is 14.4 Å². The number of amides is 1. The number of anilines is 1. The van der Waals surface area contributed by atoms with Gasteiger partial charge in [0.05, 0.1) is 4.91 Å². The minimum atomic E-state index is -0.176. The van der Waals surface area contributed by atoms with Gasteiger partial charge in [0.1, 0.15) is 0 Å². The van der Waals surface area contributed by atoms with Crippen molar-refractivity contribution in [1.82, 2.24) is 4.90 Å². The van der Waals surface area contributed by atoms with Crippen molar-refractivity contribution in [3.8, 4) is 11.5 Å². The van der Waals surface area contributed by atoms with Gasteiger partial charge in [-0.05, 0) is 60.5 Å². The van der Waals surface area contributed by atoms with Crippen molar-refractivity contribution in [2.24, 2.45) is 4.99 Å². The van der Waals surface area contributed by atoms with Crippen molar-refractivity contribution in [2.45, 2.75) is 13.8 Å². The van der Waals surface area contributed by atoms with Crippen LogP contribution in [-0.2, 0) is 4.79 Å². The van der Waals surface area contributed by atoms with E-state index in [0.717, 1.165) is 42.7 Å². The summed E-state index contributed by atoms with van der Waals surface area (Å²) in [5.74, 6) is 1.27. The fraction of sp³-hybridized carbons (Fsp3) is 0.304. The summed E-state index contributed by atoms with van der Waals surface area (Å²) < 4.78 is 10.8. The number of fused-ring (bicyclic) bond motifs is 1. The normalized spacial score (nSPS) is 19.6. The monoisotopic (exact) mass is 421 g/mol. The summed E-state index contributed by atoms with van der Waals surface area (Å²) in [5.41, 5.74) is 4.85. The molecule has 3 aliphatic rings. The molecule has 5 rings (SSSR count). The van der Waals surface area contributed by atoms with E-state index < -0.39 is 0 Å². The van der Waals surface area contributed by atoms with Crippen molar-refractivity contribution in [3.05, 3.63) is 58.0 Å². The van der Waals surface area contributed by atoms with Crippen molar-refractivity contribution < 1.29 is 14.3 Å². The first-order valence-corrected chi connectivity index (χ1v) is 10.9. The van der Waals surface area contributed by atoms with Crippen molar-refractivity contribution in [1.29, 1.82) is 0 Å². The first kappa shape index (κ1) is 19.1. The molecule has 0 saturated carbocycles. The van der Waals surface area contributed by atoms with Crippen LogP contribution in [0.2, 0.25) is 0 Å². The molecule has 1 fully saturated rings. The second-order valence-corrected chi connectivity index (χ2v) is 8.65. The second kappa shape index (κ2) is 7.72. The van der Waals surface area contributed by atoms with Gasteiger partial charge in [-0.2, -0.15) is 4.99 Å². The maximum absolute atomic E-state index is 12.5. The molecular weight excluding hydrogens is 398 g/mol.